The number of carbonyl (C=O) groups excluding carboxylic acids is 4. The molecule has 1 aromatic carbocycles. The van der Waals surface area contributed by atoms with Crippen molar-refractivity contribution in [1.82, 2.24) is 10.2 Å². The number of carbonyl (C=O) groups is 4. The molecule has 0 saturated carbocycles. The summed E-state index contributed by atoms with van der Waals surface area (Å²) >= 11 is 0. The largest absolute Gasteiger partial charge is 0.454 e. The number of hydrogen-bond acceptors (Lipinski definition) is 5. The van der Waals surface area contributed by atoms with Gasteiger partial charge in [-0.25, -0.2) is 9.18 Å². The molecule has 0 unspecified atom stereocenters. The predicted molar refractivity (Wildman–Crippen MR) is 101 cm³/mol. The minimum atomic E-state index is -1.09. The highest BCUT2D eigenvalue weighted by Crippen LogP contribution is 2.36. The van der Waals surface area contributed by atoms with Crippen molar-refractivity contribution in [2.24, 2.45) is 11.8 Å². The third-order valence-corrected chi connectivity index (χ3v) is 5.29. The van der Waals surface area contributed by atoms with E-state index in [0.29, 0.717) is 24.8 Å². The van der Waals surface area contributed by atoms with Crippen LogP contribution in [0.4, 0.5) is 4.39 Å². The lowest BCUT2D eigenvalue weighted by molar-refractivity contribution is -0.159. The van der Waals surface area contributed by atoms with Crippen LogP contribution in [-0.4, -0.2) is 47.8 Å². The smallest absolute Gasteiger partial charge is 0.329 e. The highest BCUT2D eigenvalue weighted by Gasteiger charge is 2.50. The maximum absolute atomic E-state index is 13.5. The average molecular weight is 402 g/mol. The molecule has 1 heterocycles. The number of allylic oxidation sites excluding steroid dienone is 2. The van der Waals surface area contributed by atoms with Gasteiger partial charge >= 0.3 is 5.97 Å². The molecule has 0 spiro atoms. The number of fused-ring (bicyclic) bond motifs is 1. The molecule has 1 fully saturated rings. The third kappa shape index (κ3) is 4.52. The molecule has 3 atom stereocenters. The molecule has 1 aromatic rings. The van der Waals surface area contributed by atoms with Crippen molar-refractivity contribution in [3.8, 4) is 0 Å². The van der Waals surface area contributed by atoms with Gasteiger partial charge in [-0.1, -0.05) is 30.4 Å². The number of likely N-dealkylation sites (tertiary alicyclic amines) is 1. The lowest BCUT2D eigenvalue weighted by Gasteiger charge is -2.21. The Kier molecular flexibility index (Phi) is 6.41. The van der Waals surface area contributed by atoms with Crippen LogP contribution in [0.5, 0.6) is 0 Å². The zero-order valence-electron chi connectivity index (χ0n) is 16.1. The van der Waals surface area contributed by atoms with Crippen molar-refractivity contribution < 1.29 is 28.3 Å². The van der Waals surface area contributed by atoms with Gasteiger partial charge < -0.3 is 10.1 Å². The molecule has 1 aliphatic carbocycles. The molecule has 7 nitrogen and oxygen atoms in total. The van der Waals surface area contributed by atoms with Crippen LogP contribution >= 0.6 is 0 Å². The number of imide groups is 1. The molecule has 2 aliphatic rings. The van der Waals surface area contributed by atoms with Gasteiger partial charge in [-0.2, -0.15) is 0 Å². The standard InChI is InChI=1S/C21H23FN2O5/c1-13(24-19(26)15-7-3-4-8-16(15)20(24)27)21(28)29-12-18(25)23-11-10-14-6-2-5-9-17(14)22/h2-6,9,13,15-16H,7-8,10-12H2,1H3,(H,23,25)/t13-,15+,16+/m0/s1. The first-order valence-electron chi connectivity index (χ1n) is 9.58. The van der Waals surface area contributed by atoms with Crippen LogP contribution in [0.25, 0.3) is 0 Å². The topological polar surface area (TPSA) is 92.8 Å². The Hall–Kier alpha value is -3.03. The number of esters is 1. The summed E-state index contributed by atoms with van der Waals surface area (Å²) in [5.41, 5.74) is 0.473. The number of hydrogen-bond donors (Lipinski definition) is 1. The van der Waals surface area contributed by atoms with Gasteiger partial charge in [0.05, 0.1) is 11.8 Å². The summed E-state index contributed by atoms with van der Waals surface area (Å²) in [4.78, 5) is 50.1. The Morgan fingerprint density at radius 1 is 1.17 bits per heavy atom. The van der Waals surface area contributed by atoms with Gasteiger partial charge in [0.1, 0.15) is 11.9 Å². The van der Waals surface area contributed by atoms with Crippen LogP contribution < -0.4 is 5.32 Å². The number of amides is 3. The van der Waals surface area contributed by atoms with E-state index in [1.165, 1.54) is 13.0 Å². The van der Waals surface area contributed by atoms with Crippen molar-refractivity contribution in [2.75, 3.05) is 13.2 Å². The molecule has 1 N–H and O–H groups in total. The predicted octanol–water partition coefficient (Wildman–Crippen LogP) is 1.37. The monoisotopic (exact) mass is 402 g/mol. The molecule has 0 radical (unpaired) electrons. The first kappa shape index (κ1) is 20.7. The quantitative estimate of drug-likeness (QED) is 0.422. The van der Waals surface area contributed by atoms with Crippen molar-refractivity contribution in [1.29, 1.82) is 0 Å². The SMILES string of the molecule is C[C@@H](C(=O)OCC(=O)NCCc1ccccc1F)N1C(=O)[C@@H]2CC=CC[C@H]2C1=O. The van der Waals surface area contributed by atoms with Crippen LogP contribution in [0.15, 0.2) is 36.4 Å². The number of nitrogens with zero attached hydrogens (tertiary/aromatic N) is 1. The summed E-state index contributed by atoms with van der Waals surface area (Å²) in [6.45, 7) is 1.07. The molecule has 1 aliphatic heterocycles. The van der Waals surface area contributed by atoms with Crippen LogP contribution in [0.2, 0.25) is 0 Å². The second-order valence-electron chi connectivity index (χ2n) is 7.18. The first-order valence-corrected chi connectivity index (χ1v) is 9.58. The van der Waals surface area contributed by atoms with E-state index in [4.69, 9.17) is 4.74 Å². The number of nitrogens with one attached hydrogen (secondary N) is 1. The van der Waals surface area contributed by atoms with Crippen molar-refractivity contribution in [3.05, 3.63) is 47.8 Å². The van der Waals surface area contributed by atoms with Crippen molar-refractivity contribution >= 4 is 23.7 Å². The van der Waals surface area contributed by atoms with Gasteiger partial charge in [-0.05, 0) is 37.8 Å². The zero-order valence-corrected chi connectivity index (χ0v) is 16.1. The number of halogens is 1. The summed E-state index contributed by atoms with van der Waals surface area (Å²) in [5.74, 6) is -3.31. The normalized spacial score (nSPS) is 21.7. The van der Waals surface area contributed by atoms with Crippen LogP contribution in [0.1, 0.15) is 25.3 Å². The van der Waals surface area contributed by atoms with E-state index in [-0.39, 0.29) is 24.2 Å². The Labute approximate surface area is 167 Å². The fourth-order valence-corrected chi connectivity index (χ4v) is 3.66. The Morgan fingerprint density at radius 2 is 1.79 bits per heavy atom. The summed E-state index contributed by atoms with van der Waals surface area (Å²) in [6, 6.07) is 5.16. The van der Waals surface area contributed by atoms with Gasteiger partial charge in [0, 0.05) is 6.54 Å². The van der Waals surface area contributed by atoms with Gasteiger partial charge in [-0.15, -0.1) is 0 Å². The lowest BCUT2D eigenvalue weighted by Crippen LogP contribution is -2.45. The van der Waals surface area contributed by atoms with E-state index < -0.39 is 36.4 Å². The minimum Gasteiger partial charge on any atom is -0.454 e. The Morgan fingerprint density at radius 3 is 2.41 bits per heavy atom. The fraction of sp³-hybridized carbons (Fsp3) is 0.429. The summed E-state index contributed by atoms with van der Waals surface area (Å²) in [5, 5.41) is 2.54. The number of rotatable bonds is 7. The Bertz CT molecular complexity index is 827. The molecule has 29 heavy (non-hydrogen) atoms. The molecule has 1 saturated heterocycles. The molecule has 3 rings (SSSR count). The van der Waals surface area contributed by atoms with Crippen LogP contribution in [0, 0.1) is 17.7 Å². The highest BCUT2D eigenvalue weighted by molar-refractivity contribution is 6.08. The van der Waals surface area contributed by atoms with Crippen molar-refractivity contribution in [2.45, 2.75) is 32.2 Å². The number of benzene rings is 1. The molecular weight excluding hydrogens is 379 g/mol. The molecule has 0 aromatic heterocycles. The molecule has 3 amide bonds. The number of ether oxygens (including phenoxy) is 1. The first-order chi connectivity index (χ1) is 13.9. The van der Waals surface area contributed by atoms with Crippen LogP contribution in [-0.2, 0) is 30.3 Å². The van der Waals surface area contributed by atoms with E-state index in [1.54, 1.807) is 18.2 Å². The van der Waals surface area contributed by atoms with Gasteiger partial charge in [0.25, 0.3) is 5.91 Å². The van der Waals surface area contributed by atoms with E-state index in [0.717, 1.165) is 4.90 Å². The van der Waals surface area contributed by atoms with E-state index in [2.05, 4.69) is 5.32 Å². The summed E-state index contributed by atoms with van der Waals surface area (Å²) in [6.07, 6.45) is 5.00. The second-order valence-corrected chi connectivity index (χ2v) is 7.18. The highest BCUT2D eigenvalue weighted by atomic mass is 19.1. The van der Waals surface area contributed by atoms with Crippen molar-refractivity contribution in [3.63, 3.8) is 0 Å². The van der Waals surface area contributed by atoms with E-state index in [1.807, 2.05) is 12.2 Å². The molecular formula is C21H23FN2O5. The molecule has 154 valence electrons. The molecule has 0 bridgehead atoms. The van der Waals surface area contributed by atoms with Gasteiger partial charge in [-0.3, -0.25) is 19.3 Å². The minimum absolute atomic E-state index is 0.187. The summed E-state index contributed by atoms with van der Waals surface area (Å²) in [7, 11) is 0. The van der Waals surface area contributed by atoms with Gasteiger partial charge in [0.2, 0.25) is 11.8 Å². The lowest BCUT2D eigenvalue weighted by atomic mass is 9.85. The van der Waals surface area contributed by atoms with Gasteiger partial charge in [0.15, 0.2) is 6.61 Å². The fourth-order valence-electron chi connectivity index (χ4n) is 3.66. The maximum Gasteiger partial charge on any atom is 0.329 e. The van der Waals surface area contributed by atoms with E-state index in [9.17, 15) is 23.6 Å². The van der Waals surface area contributed by atoms with E-state index >= 15 is 0 Å². The molecule has 8 heteroatoms. The average Bonchev–Trinajstić information content (AvgIpc) is 2.97. The van der Waals surface area contributed by atoms with Crippen LogP contribution in [0.3, 0.4) is 0 Å². The third-order valence-electron chi connectivity index (χ3n) is 5.29. The second kappa shape index (κ2) is 8.98. The maximum atomic E-state index is 13.5. The summed E-state index contributed by atoms with van der Waals surface area (Å²) < 4.78 is 18.5. The Balaban J connectivity index is 1.45. The zero-order chi connectivity index (χ0) is 21.0.